The normalized spacial score (nSPS) is 17.4. The van der Waals surface area contributed by atoms with Crippen LogP contribution in [-0.4, -0.2) is 52.0 Å². The number of carbonyl (C=O) groups excluding carboxylic acids is 1. The molecular formula is C16H21N5O2. The maximum atomic E-state index is 12.3. The van der Waals surface area contributed by atoms with Crippen LogP contribution >= 0.6 is 0 Å². The van der Waals surface area contributed by atoms with E-state index in [1.807, 2.05) is 30.0 Å². The van der Waals surface area contributed by atoms with Crippen LogP contribution in [0.3, 0.4) is 0 Å². The van der Waals surface area contributed by atoms with Gasteiger partial charge in [0.05, 0.1) is 24.7 Å². The first-order valence-electron chi connectivity index (χ1n) is 7.86. The molecule has 7 heteroatoms. The summed E-state index contributed by atoms with van der Waals surface area (Å²) in [4.78, 5) is 18.3. The fourth-order valence-electron chi connectivity index (χ4n) is 2.64. The number of carbonyl (C=O) groups is 1. The highest BCUT2D eigenvalue weighted by molar-refractivity contribution is 5.89. The largest absolute Gasteiger partial charge is 0.381 e. The fourth-order valence-corrected chi connectivity index (χ4v) is 2.64. The summed E-state index contributed by atoms with van der Waals surface area (Å²) in [6, 6.07) is 5.51. The van der Waals surface area contributed by atoms with Crippen molar-refractivity contribution in [3.8, 4) is 5.82 Å². The van der Waals surface area contributed by atoms with Crippen molar-refractivity contribution in [2.75, 3.05) is 31.6 Å². The highest BCUT2D eigenvalue weighted by atomic mass is 16.5. The van der Waals surface area contributed by atoms with E-state index in [4.69, 9.17) is 4.74 Å². The van der Waals surface area contributed by atoms with E-state index >= 15 is 0 Å². The molecule has 122 valence electrons. The molecule has 1 N–H and O–H groups in total. The molecule has 3 rings (SSSR count). The Morgan fingerprint density at radius 1 is 1.48 bits per heavy atom. The number of nitrogens with one attached hydrogen (secondary N) is 1. The smallest absolute Gasteiger partial charge is 0.321 e. The van der Waals surface area contributed by atoms with Gasteiger partial charge < -0.3 is 15.0 Å². The molecule has 0 saturated carbocycles. The van der Waals surface area contributed by atoms with E-state index in [1.54, 1.807) is 23.3 Å². The number of rotatable bonds is 5. The van der Waals surface area contributed by atoms with E-state index in [9.17, 15) is 4.79 Å². The highest BCUT2D eigenvalue weighted by Gasteiger charge is 2.26. The average Bonchev–Trinajstić information content (AvgIpc) is 3.23. The molecule has 23 heavy (non-hydrogen) atoms. The van der Waals surface area contributed by atoms with Gasteiger partial charge in [0.1, 0.15) is 0 Å². The molecule has 2 amide bonds. The Morgan fingerprint density at radius 2 is 2.39 bits per heavy atom. The second-order valence-corrected chi connectivity index (χ2v) is 5.55. The number of urea groups is 1. The van der Waals surface area contributed by atoms with E-state index in [2.05, 4.69) is 15.4 Å². The first kappa shape index (κ1) is 15.5. The predicted molar refractivity (Wildman–Crippen MR) is 86.6 cm³/mol. The molecule has 7 nitrogen and oxygen atoms in total. The number of amides is 2. The van der Waals surface area contributed by atoms with Gasteiger partial charge in [-0.1, -0.05) is 6.07 Å². The Kier molecular flexibility index (Phi) is 4.87. The number of pyridine rings is 1. The van der Waals surface area contributed by atoms with E-state index in [0.717, 1.165) is 32.7 Å². The summed E-state index contributed by atoms with van der Waals surface area (Å²) in [5.74, 6) is 1.14. The third kappa shape index (κ3) is 3.87. The van der Waals surface area contributed by atoms with Gasteiger partial charge in [0.2, 0.25) is 0 Å². The summed E-state index contributed by atoms with van der Waals surface area (Å²) >= 11 is 0. The van der Waals surface area contributed by atoms with Crippen LogP contribution in [0, 0.1) is 5.92 Å². The van der Waals surface area contributed by atoms with Crippen LogP contribution in [0.2, 0.25) is 0 Å². The first-order valence-corrected chi connectivity index (χ1v) is 7.86. The van der Waals surface area contributed by atoms with Crippen LogP contribution in [0.4, 0.5) is 10.5 Å². The third-order valence-corrected chi connectivity index (χ3v) is 3.85. The van der Waals surface area contributed by atoms with E-state index < -0.39 is 0 Å². The first-order chi connectivity index (χ1) is 11.3. The second kappa shape index (κ2) is 7.23. The van der Waals surface area contributed by atoms with Gasteiger partial charge in [-0.15, -0.1) is 0 Å². The monoisotopic (exact) mass is 315 g/mol. The Bertz CT molecular complexity index is 643. The maximum Gasteiger partial charge on any atom is 0.321 e. The van der Waals surface area contributed by atoms with Crippen LogP contribution in [-0.2, 0) is 4.74 Å². The molecule has 1 saturated heterocycles. The molecule has 1 atom stereocenters. The van der Waals surface area contributed by atoms with Crippen molar-refractivity contribution in [3.63, 3.8) is 0 Å². The van der Waals surface area contributed by atoms with Crippen molar-refractivity contribution in [2.24, 2.45) is 5.92 Å². The van der Waals surface area contributed by atoms with Gasteiger partial charge in [-0.05, 0) is 25.5 Å². The molecule has 1 aliphatic rings. The molecule has 0 aliphatic carbocycles. The number of aromatic nitrogens is 3. The summed E-state index contributed by atoms with van der Waals surface area (Å²) in [5, 5.41) is 7.11. The van der Waals surface area contributed by atoms with Gasteiger partial charge in [-0.2, -0.15) is 5.10 Å². The Labute approximate surface area is 135 Å². The lowest BCUT2D eigenvalue weighted by Gasteiger charge is -2.16. The molecule has 0 unspecified atom stereocenters. The minimum atomic E-state index is -0.0930. The summed E-state index contributed by atoms with van der Waals surface area (Å²) in [6.07, 6.45) is 6.08. The molecule has 0 radical (unpaired) electrons. The molecule has 2 aromatic heterocycles. The highest BCUT2D eigenvalue weighted by Crippen LogP contribution is 2.18. The zero-order chi connectivity index (χ0) is 16.1. The lowest BCUT2D eigenvalue weighted by atomic mass is 10.1. The topological polar surface area (TPSA) is 72.3 Å². The minimum absolute atomic E-state index is 0.0930. The Hall–Kier alpha value is -2.41. The molecule has 3 heterocycles. The fraction of sp³-hybridized carbons (Fsp3) is 0.438. The van der Waals surface area contributed by atoms with Crippen LogP contribution in [0.25, 0.3) is 5.82 Å². The standard InChI is InChI=1S/C16H21N5O2/c1-2-23-12-13-6-8-20(10-13)16(22)19-14-9-18-21(11-14)15-5-3-4-7-17-15/h3-5,7,9,11,13H,2,6,8,10,12H2,1H3,(H,19,22)/t13-/m1/s1. The number of ether oxygens (including phenoxy) is 1. The quantitative estimate of drug-likeness (QED) is 0.917. The van der Waals surface area contributed by atoms with Crippen molar-refractivity contribution >= 4 is 11.7 Å². The van der Waals surface area contributed by atoms with E-state index in [1.165, 1.54) is 0 Å². The van der Waals surface area contributed by atoms with Crippen molar-refractivity contribution in [1.29, 1.82) is 0 Å². The second-order valence-electron chi connectivity index (χ2n) is 5.55. The molecule has 2 aromatic rings. The lowest BCUT2D eigenvalue weighted by molar-refractivity contribution is 0.113. The molecular weight excluding hydrogens is 294 g/mol. The Balaban J connectivity index is 1.56. The number of hydrogen-bond donors (Lipinski definition) is 1. The van der Waals surface area contributed by atoms with Gasteiger partial charge in [0.15, 0.2) is 5.82 Å². The number of anilines is 1. The molecule has 1 aliphatic heterocycles. The number of likely N-dealkylation sites (tertiary alicyclic amines) is 1. The van der Waals surface area contributed by atoms with Crippen molar-refractivity contribution in [2.45, 2.75) is 13.3 Å². The minimum Gasteiger partial charge on any atom is -0.381 e. The van der Waals surface area contributed by atoms with Crippen molar-refractivity contribution in [1.82, 2.24) is 19.7 Å². The summed E-state index contributed by atoms with van der Waals surface area (Å²) < 4.78 is 7.07. The number of nitrogens with zero attached hydrogens (tertiary/aromatic N) is 4. The third-order valence-electron chi connectivity index (χ3n) is 3.85. The van der Waals surface area contributed by atoms with E-state index in [0.29, 0.717) is 17.4 Å². The van der Waals surface area contributed by atoms with Gasteiger partial charge in [-0.25, -0.2) is 14.5 Å². The van der Waals surface area contributed by atoms with Crippen molar-refractivity contribution in [3.05, 3.63) is 36.8 Å². The van der Waals surface area contributed by atoms with Crippen molar-refractivity contribution < 1.29 is 9.53 Å². The molecule has 0 aromatic carbocycles. The molecule has 0 bridgehead atoms. The zero-order valence-electron chi connectivity index (χ0n) is 13.2. The van der Waals surface area contributed by atoms with Crippen LogP contribution in [0.1, 0.15) is 13.3 Å². The maximum absolute atomic E-state index is 12.3. The van der Waals surface area contributed by atoms with Gasteiger partial charge in [0.25, 0.3) is 0 Å². The predicted octanol–water partition coefficient (Wildman–Crippen LogP) is 2.16. The zero-order valence-corrected chi connectivity index (χ0v) is 13.2. The summed E-state index contributed by atoms with van der Waals surface area (Å²) in [6.45, 7) is 4.92. The van der Waals surface area contributed by atoms with Gasteiger partial charge in [-0.3, -0.25) is 0 Å². The number of hydrogen-bond acceptors (Lipinski definition) is 4. The molecule has 1 fully saturated rings. The Morgan fingerprint density at radius 3 is 3.17 bits per heavy atom. The van der Waals surface area contributed by atoms with E-state index in [-0.39, 0.29) is 6.03 Å². The summed E-state index contributed by atoms with van der Waals surface area (Å²) in [5.41, 5.74) is 0.661. The molecule has 0 spiro atoms. The van der Waals surface area contributed by atoms with Crippen LogP contribution in [0.15, 0.2) is 36.8 Å². The van der Waals surface area contributed by atoms with Gasteiger partial charge >= 0.3 is 6.03 Å². The average molecular weight is 315 g/mol. The van der Waals surface area contributed by atoms with Crippen LogP contribution in [0.5, 0.6) is 0 Å². The van der Waals surface area contributed by atoms with Crippen LogP contribution < -0.4 is 5.32 Å². The summed E-state index contributed by atoms with van der Waals surface area (Å²) in [7, 11) is 0. The lowest BCUT2D eigenvalue weighted by Crippen LogP contribution is -2.33. The van der Waals surface area contributed by atoms with Gasteiger partial charge in [0, 0.05) is 31.8 Å². The SMILES string of the molecule is CCOC[C@@H]1CCN(C(=O)Nc2cnn(-c3ccccn3)c2)C1.